The summed E-state index contributed by atoms with van der Waals surface area (Å²) in [5.74, 6) is 0.918. The largest absolute Gasteiger partial charge is 0.484 e. The van der Waals surface area contributed by atoms with Crippen LogP contribution in [-0.2, 0) is 4.79 Å². The molecule has 0 saturated carbocycles. The molecule has 0 bridgehead atoms. The summed E-state index contributed by atoms with van der Waals surface area (Å²) in [6.07, 6.45) is 0.679. The van der Waals surface area contributed by atoms with Crippen molar-refractivity contribution in [3.05, 3.63) is 63.5 Å². The number of ether oxygens (including phenoxy) is 1. The maximum Gasteiger partial charge on any atom is 0.258 e. The number of aliphatic hydroxyl groups is 1. The van der Waals surface area contributed by atoms with Gasteiger partial charge in [0.05, 0.1) is 23.6 Å². The van der Waals surface area contributed by atoms with Gasteiger partial charge in [-0.05, 0) is 49.1 Å². The Morgan fingerprint density at radius 2 is 1.90 bits per heavy atom. The quantitative estimate of drug-likeness (QED) is 0.541. The van der Waals surface area contributed by atoms with Crippen LogP contribution in [0.25, 0.3) is 22.1 Å². The molecule has 0 saturated heterocycles. The predicted molar refractivity (Wildman–Crippen MR) is 122 cm³/mol. The number of carbonyl (C=O) groups excluding carboxylic acids is 1. The fourth-order valence-electron chi connectivity index (χ4n) is 3.49. The van der Waals surface area contributed by atoms with Gasteiger partial charge in [0.15, 0.2) is 6.61 Å². The molecular weight excluding hydrogens is 418 g/mol. The van der Waals surface area contributed by atoms with E-state index >= 15 is 0 Å². The average molecular weight is 444 g/mol. The van der Waals surface area contributed by atoms with E-state index in [4.69, 9.17) is 20.8 Å². The Morgan fingerprint density at radius 3 is 2.55 bits per heavy atom. The summed E-state index contributed by atoms with van der Waals surface area (Å²) in [5, 5.41) is 13.2. The maximum atomic E-state index is 13.0. The molecule has 1 atom stereocenters. The zero-order chi connectivity index (χ0) is 22.5. The second-order valence-corrected chi connectivity index (χ2v) is 8.33. The summed E-state index contributed by atoms with van der Waals surface area (Å²) in [7, 11) is 0. The van der Waals surface area contributed by atoms with Crippen molar-refractivity contribution in [2.45, 2.75) is 33.2 Å². The SMILES string of the molecule is Cc1oc2cc(OCC(=O)NC(CO)CC(C)C)ccc2c(=O)c1-c1ccc(Cl)cc1. The highest BCUT2D eigenvalue weighted by molar-refractivity contribution is 6.30. The van der Waals surface area contributed by atoms with Gasteiger partial charge in [-0.3, -0.25) is 9.59 Å². The lowest BCUT2D eigenvalue weighted by Gasteiger charge is -2.18. The summed E-state index contributed by atoms with van der Waals surface area (Å²) < 4.78 is 11.4. The minimum atomic E-state index is -0.324. The first kappa shape index (κ1) is 22.8. The van der Waals surface area contributed by atoms with E-state index in [2.05, 4.69) is 5.32 Å². The standard InChI is InChI=1S/C24H26ClNO5/c1-14(2)10-18(12-27)26-22(28)13-30-19-8-9-20-21(11-19)31-15(3)23(24(20)29)16-4-6-17(25)7-5-16/h4-9,11,14,18,27H,10,12-13H2,1-3H3,(H,26,28). The smallest absolute Gasteiger partial charge is 0.258 e. The van der Waals surface area contributed by atoms with Crippen LogP contribution < -0.4 is 15.5 Å². The Bertz CT molecular complexity index is 1120. The monoisotopic (exact) mass is 443 g/mol. The Balaban J connectivity index is 1.77. The number of halogens is 1. The number of rotatable bonds is 8. The van der Waals surface area contributed by atoms with Gasteiger partial charge in [-0.15, -0.1) is 0 Å². The molecule has 0 fully saturated rings. The van der Waals surface area contributed by atoms with E-state index < -0.39 is 0 Å². The molecular formula is C24H26ClNO5. The van der Waals surface area contributed by atoms with Gasteiger partial charge in [0, 0.05) is 11.1 Å². The molecule has 3 aromatic rings. The molecule has 0 aliphatic carbocycles. The number of fused-ring (bicyclic) bond motifs is 1. The van der Waals surface area contributed by atoms with E-state index in [-0.39, 0.29) is 30.6 Å². The summed E-state index contributed by atoms with van der Waals surface area (Å²) in [4.78, 5) is 25.2. The van der Waals surface area contributed by atoms with Gasteiger partial charge in [-0.25, -0.2) is 0 Å². The molecule has 1 unspecified atom stereocenters. The highest BCUT2D eigenvalue weighted by atomic mass is 35.5. The van der Waals surface area contributed by atoms with Crippen molar-refractivity contribution >= 4 is 28.5 Å². The van der Waals surface area contributed by atoms with Crippen molar-refractivity contribution in [1.29, 1.82) is 0 Å². The summed E-state index contributed by atoms with van der Waals surface area (Å²) in [5.41, 5.74) is 1.45. The molecule has 6 nitrogen and oxygen atoms in total. The topological polar surface area (TPSA) is 88.8 Å². The van der Waals surface area contributed by atoms with Gasteiger partial charge in [-0.1, -0.05) is 37.6 Å². The van der Waals surface area contributed by atoms with E-state index in [9.17, 15) is 14.7 Å². The highest BCUT2D eigenvalue weighted by Gasteiger charge is 2.16. The maximum absolute atomic E-state index is 13.0. The van der Waals surface area contributed by atoms with Crippen molar-refractivity contribution < 1.29 is 19.1 Å². The van der Waals surface area contributed by atoms with Crippen molar-refractivity contribution in [3.8, 4) is 16.9 Å². The molecule has 0 radical (unpaired) electrons. The first-order chi connectivity index (χ1) is 14.8. The third-order valence-electron chi connectivity index (χ3n) is 4.88. The summed E-state index contributed by atoms with van der Waals surface area (Å²) >= 11 is 5.94. The second-order valence-electron chi connectivity index (χ2n) is 7.89. The lowest BCUT2D eigenvalue weighted by Crippen LogP contribution is -2.40. The highest BCUT2D eigenvalue weighted by Crippen LogP contribution is 2.27. The number of aryl methyl sites for hydroxylation is 1. The lowest BCUT2D eigenvalue weighted by molar-refractivity contribution is -0.124. The Kier molecular flexibility index (Phi) is 7.36. The van der Waals surface area contributed by atoms with Crippen LogP contribution in [0.3, 0.4) is 0 Å². The molecule has 1 aromatic heterocycles. The van der Waals surface area contributed by atoms with Crippen LogP contribution in [0, 0.1) is 12.8 Å². The minimum Gasteiger partial charge on any atom is -0.484 e. The van der Waals surface area contributed by atoms with Gasteiger partial charge in [0.25, 0.3) is 5.91 Å². The van der Waals surface area contributed by atoms with E-state index in [1.807, 2.05) is 13.8 Å². The fraction of sp³-hybridized carbons (Fsp3) is 0.333. The first-order valence-corrected chi connectivity index (χ1v) is 10.5. The van der Waals surface area contributed by atoms with Crippen molar-refractivity contribution in [1.82, 2.24) is 5.32 Å². The van der Waals surface area contributed by atoms with Gasteiger partial charge in [0.2, 0.25) is 5.43 Å². The molecule has 7 heteroatoms. The number of hydrogen-bond acceptors (Lipinski definition) is 5. The van der Waals surface area contributed by atoms with Crippen molar-refractivity contribution in [2.75, 3.05) is 13.2 Å². The molecule has 2 aromatic carbocycles. The van der Waals surface area contributed by atoms with E-state index in [0.717, 1.165) is 5.56 Å². The van der Waals surface area contributed by atoms with E-state index in [1.165, 1.54) is 0 Å². The fourth-order valence-corrected chi connectivity index (χ4v) is 3.62. The van der Waals surface area contributed by atoms with Crippen LogP contribution in [0.5, 0.6) is 5.75 Å². The van der Waals surface area contributed by atoms with Gasteiger partial charge in [-0.2, -0.15) is 0 Å². The number of aliphatic hydroxyl groups excluding tert-OH is 1. The Labute approximate surface area is 185 Å². The number of benzene rings is 2. The first-order valence-electron chi connectivity index (χ1n) is 10.1. The second kappa shape index (κ2) is 9.98. The van der Waals surface area contributed by atoms with E-state index in [1.54, 1.807) is 49.4 Å². The number of carbonyl (C=O) groups is 1. The molecule has 0 aliphatic rings. The molecule has 1 heterocycles. The number of nitrogens with one attached hydrogen (secondary N) is 1. The third-order valence-corrected chi connectivity index (χ3v) is 5.14. The van der Waals surface area contributed by atoms with Crippen molar-refractivity contribution in [3.63, 3.8) is 0 Å². The molecule has 0 spiro atoms. The van der Waals surface area contributed by atoms with Gasteiger partial charge >= 0.3 is 0 Å². The Morgan fingerprint density at radius 1 is 1.19 bits per heavy atom. The number of amides is 1. The van der Waals surface area contributed by atoms with Crippen LogP contribution >= 0.6 is 11.6 Å². The van der Waals surface area contributed by atoms with Gasteiger partial charge < -0.3 is 19.6 Å². The van der Waals surface area contributed by atoms with Crippen LogP contribution in [-0.4, -0.2) is 30.3 Å². The summed E-state index contributed by atoms with van der Waals surface area (Å²) in [6, 6.07) is 11.6. The molecule has 3 rings (SSSR count). The zero-order valence-corrected chi connectivity index (χ0v) is 18.5. The van der Waals surface area contributed by atoms with Gasteiger partial charge in [0.1, 0.15) is 17.1 Å². The zero-order valence-electron chi connectivity index (χ0n) is 17.8. The van der Waals surface area contributed by atoms with Crippen LogP contribution in [0.4, 0.5) is 0 Å². The molecule has 0 aliphatic heterocycles. The third kappa shape index (κ3) is 5.66. The molecule has 164 valence electrons. The van der Waals surface area contributed by atoms with Crippen LogP contribution in [0.1, 0.15) is 26.0 Å². The minimum absolute atomic E-state index is 0.125. The molecule has 2 N–H and O–H groups in total. The van der Waals surface area contributed by atoms with E-state index in [0.29, 0.717) is 45.4 Å². The predicted octanol–water partition coefficient (Wildman–Crippen LogP) is 4.32. The lowest BCUT2D eigenvalue weighted by atomic mass is 10.0. The Hall–Kier alpha value is -2.83. The van der Waals surface area contributed by atoms with Crippen LogP contribution in [0.2, 0.25) is 5.02 Å². The van der Waals surface area contributed by atoms with Crippen LogP contribution in [0.15, 0.2) is 51.7 Å². The average Bonchev–Trinajstić information content (AvgIpc) is 2.72. The molecule has 1 amide bonds. The normalized spacial score (nSPS) is 12.2. The summed E-state index contributed by atoms with van der Waals surface area (Å²) in [6.45, 7) is 5.45. The van der Waals surface area contributed by atoms with Crippen molar-refractivity contribution in [2.24, 2.45) is 5.92 Å². The number of hydrogen-bond donors (Lipinski definition) is 2. The molecule has 31 heavy (non-hydrogen) atoms.